The van der Waals surface area contributed by atoms with Crippen molar-refractivity contribution in [1.29, 1.82) is 0 Å². The molecule has 0 saturated carbocycles. The molecule has 0 bridgehead atoms. The second-order valence-electron chi connectivity index (χ2n) is 6.44. The molecule has 2 heterocycles. The molecular formula is C18H31N3O. The number of rotatable bonds is 9. The summed E-state index contributed by atoms with van der Waals surface area (Å²) in [5.41, 5.74) is 2.29. The first-order chi connectivity index (χ1) is 10.7. The summed E-state index contributed by atoms with van der Waals surface area (Å²) in [4.78, 5) is 17.3. The predicted octanol–water partition coefficient (Wildman–Crippen LogP) is 3.80. The number of aromatic nitrogens is 2. The van der Waals surface area contributed by atoms with Crippen molar-refractivity contribution in [2.24, 2.45) is 0 Å². The molecule has 1 aromatic rings. The SMILES string of the molecule is CCCCCC(CC)NC(=O)[C@H](CC)c1ncn2c1CCC2. The fraction of sp³-hybridized carbons (Fsp3) is 0.778. The maximum absolute atomic E-state index is 12.7. The Labute approximate surface area is 134 Å². The van der Waals surface area contributed by atoms with Crippen molar-refractivity contribution < 1.29 is 4.79 Å². The van der Waals surface area contributed by atoms with E-state index in [0.29, 0.717) is 6.04 Å². The molecule has 1 aliphatic rings. The lowest BCUT2D eigenvalue weighted by Gasteiger charge is -2.21. The zero-order valence-corrected chi connectivity index (χ0v) is 14.4. The Morgan fingerprint density at radius 2 is 2.14 bits per heavy atom. The van der Waals surface area contributed by atoms with Gasteiger partial charge in [-0.25, -0.2) is 4.98 Å². The number of unbranched alkanes of at least 4 members (excludes halogenated alkanes) is 2. The molecule has 2 rings (SSSR count). The van der Waals surface area contributed by atoms with E-state index in [9.17, 15) is 4.79 Å². The molecule has 22 heavy (non-hydrogen) atoms. The third kappa shape index (κ3) is 3.90. The van der Waals surface area contributed by atoms with E-state index in [0.717, 1.165) is 37.9 Å². The van der Waals surface area contributed by atoms with Crippen LogP contribution in [0.5, 0.6) is 0 Å². The van der Waals surface area contributed by atoms with Gasteiger partial charge in [-0.3, -0.25) is 4.79 Å². The topological polar surface area (TPSA) is 46.9 Å². The highest BCUT2D eigenvalue weighted by Gasteiger charge is 2.28. The lowest BCUT2D eigenvalue weighted by atomic mass is 9.97. The van der Waals surface area contributed by atoms with Crippen LogP contribution in [-0.2, 0) is 17.8 Å². The van der Waals surface area contributed by atoms with Gasteiger partial charge in [-0.05, 0) is 32.1 Å². The number of carbonyl (C=O) groups is 1. The van der Waals surface area contributed by atoms with E-state index in [1.807, 2.05) is 6.33 Å². The number of amides is 1. The Bertz CT molecular complexity index is 481. The molecule has 1 aromatic heterocycles. The quantitative estimate of drug-likeness (QED) is 0.705. The largest absolute Gasteiger partial charge is 0.353 e. The van der Waals surface area contributed by atoms with Crippen LogP contribution in [0, 0.1) is 0 Å². The first-order valence-corrected chi connectivity index (χ1v) is 9.05. The second kappa shape index (κ2) is 8.35. The number of nitrogens with zero attached hydrogens (tertiary/aromatic N) is 2. The maximum atomic E-state index is 12.7. The number of aryl methyl sites for hydroxylation is 1. The minimum atomic E-state index is -0.0884. The van der Waals surface area contributed by atoms with Gasteiger partial charge in [0.25, 0.3) is 0 Å². The molecule has 0 aliphatic carbocycles. The van der Waals surface area contributed by atoms with Crippen molar-refractivity contribution in [3.63, 3.8) is 0 Å². The van der Waals surface area contributed by atoms with Gasteiger partial charge in [0.2, 0.25) is 5.91 Å². The normalized spacial score (nSPS) is 16.3. The summed E-state index contributed by atoms with van der Waals surface area (Å²) < 4.78 is 2.21. The molecular weight excluding hydrogens is 274 g/mol. The summed E-state index contributed by atoms with van der Waals surface area (Å²) in [6, 6.07) is 0.309. The van der Waals surface area contributed by atoms with Gasteiger partial charge in [-0.15, -0.1) is 0 Å². The Hall–Kier alpha value is -1.32. The molecule has 1 aliphatic heterocycles. The molecule has 0 fully saturated rings. The van der Waals surface area contributed by atoms with Crippen molar-refractivity contribution >= 4 is 5.91 Å². The van der Waals surface area contributed by atoms with Crippen LogP contribution in [0.2, 0.25) is 0 Å². The summed E-state index contributed by atoms with van der Waals surface area (Å²) in [5, 5.41) is 3.27. The minimum Gasteiger partial charge on any atom is -0.353 e. The van der Waals surface area contributed by atoms with Crippen LogP contribution >= 0.6 is 0 Å². The van der Waals surface area contributed by atoms with Gasteiger partial charge in [0, 0.05) is 18.3 Å². The Kier molecular flexibility index (Phi) is 6.47. The average molecular weight is 305 g/mol. The molecule has 0 spiro atoms. The predicted molar refractivity (Wildman–Crippen MR) is 89.9 cm³/mol. The van der Waals surface area contributed by atoms with E-state index < -0.39 is 0 Å². The maximum Gasteiger partial charge on any atom is 0.229 e. The molecule has 1 unspecified atom stereocenters. The van der Waals surface area contributed by atoms with Crippen LogP contribution in [0.4, 0.5) is 0 Å². The summed E-state index contributed by atoms with van der Waals surface area (Å²) in [7, 11) is 0. The van der Waals surface area contributed by atoms with Gasteiger partial charge in [-0.2, -0.15) is 0 Å². The number of nitrogens with one attached hydrogen (secondary N) is 1. The van der Waals surface area contributed by atoms with Crippen LogP contribution in [0.1, 0.15) is 83.0 Å². The van der Waals surface area contributed by atoms with Crippen LogP contribution in [0.15, 0.2) is 6.33 Å². The fourth-order valence-electron chi connectivity index (χ4n) is 3.42. The zero-order valence-electron chi connectivity index (χ0n) is 14.4. The van der Waals surface area contributed by atoms with Crippen molar-refractivity contribution in [2.45, 2.75) is 90.6 Å². The number of carbonyl (C=O) groups excluding carboxylic acids is 1. The molecule has 4 nitrogen and oxygen atoms in total. The molecule has 1 N–H and O–H groups in total. The van der Waals surface area contributed by atoms with E-state index in [-0.39, 0.29) is 11.8 Å². The highest BCUT2D eigenvalue weighted by molar-refractivity contribution is 5.83. The fourth-order valence-corrected chi connectivity index (χ4v) is 3.42. The minimum absolute atomic E-state index is 0.0884. The van der Waals surface area contributed by atoms with Gasteiger partial charge in [-0.1, -0.05) is 40.0 Å². The molecule has 0 aromatic carbocycles. The first-order valence-electron chi connectivity index (χ1n) is 9.05. The van der Waals surface area contributed by atoms with E-state index in [2.05, 4.69) is 35.6 Å². The number of imidazole rings is 1. The molecule has 0 radical (unpaired) electrons. The molecule has 2 atom stereocenters. The lowest BCUT2D eigenvalue weighted by molar-refractivity contribution is -0.123. The number of hydrogen-bond donors (Lipinski definition) is 1. The van der Waals surface area contributed by atoms with Crippen molar-refractivity contribution in [1.82, 2.24) is 14.9 Å². The number of fused-ring (bicyclic) bond motifs is 1. The highest BCUT2D eigenvalue weighted by atomic mass is 16.2. The van der Waals surface area contributed by atoms with Crippen molar-refractivity contribution in [2.75, 3.05) is 0 Å². The van der Waals surface area contributed by atoms with Gasteiger partial charge >= 0.3 is 0 Å². The van der Waals surface area contributed by atoms with Gasteiger partial charge < -0.3 is 9.88 Å². The van der Waals surface area contributed by atoms with Crippen LogP contribution in [0.3, 0.4) is 0 Å². The zero-order chi connectivity index (χ0) is 15.9. The standard InChI is InChI=1S/C18H31N3O/c1-4-7-8-10-14(5-2)20-18(22)15(6-3)17-16-11-9-12-21(16)13-19-17/h13-15H,4-12H2,1-3H3,(H,20,22)/t14?,15-/m1/s1. The van der Waals surface area contributed by atoms with Gasteiger partial charge in [0.1, 0.15) is 0 Å². The lowest BCUT2D eigenvalue weighted by Crippen LogP contribution is -2.38. The molecule has 4 heteroatoms. The smallest absolute Gasteiger partial charge is 0.229 e. The number of hydrogen-bond acceptors (Lipinski definition) is 2. The third-order valence-electron chi connectivity index (χ3n) is 4.84. The van der Waals surface area contributed by atoms with Crippen LogP contribution in [-0.4, -0.2) is 21.5 Å². The van der Waals surface area contributed by atoms with Crippen LogP contribution < -0.4 is 5.32 Å². The van der Waals surface area contributed by atoms with Crippen molar-refractivity contribution in [3.8, 4) is 0 Å². The molecule has 124 valence electrons. The first kappa shape index (κ1) is 17.0. The summed E-state index contributed by atoms with van der Waals surface area (Å²) in [5.74, 6) is 0.0776. The molecule has 1 amide bonds. The van der Waals surface area contributed by atoms with Gasteiger partial charge in [0.15, 0.2) is 0 Å². The van der Waals surface area contributed by atoms with Crippen LogP contribution in [0.25, 0.3) is 0 Å². The summed E-state index contributed by atoms with van der Waals surface area (Å²) >= 11 is 0. The van der Waals surface area contributed by atoms with Crippen molar-refractivity contribution in [3.05, 3.63) is 17.7 Å². The van der Waals surface area contributed by atoms with Gasteiger partial charge in [0.05, 0.1) is 17.9 Å². The average Bonchev–Trinajstić information content (AvgIpc) is 3.12. The Balaban J connectivity index is 1.99. The summed E-state index contributed by atoms with van der Waals surface area (Å²) in [6.07, 6.45) is 10.7. The third-order valence-corrected chi connectivity index (χ3v) is 4.84. The van der Waals surface area contributed by atoms with E-state index in [4.69, 9.17) is 0 Å². The second-order valence-corrected chi connectivity index (χ2v) is 6.44. The molecule has 0 saturated heterocycles. The Morgan fingerprint density at radius 1 is 1.32 bits per heavy atom. The van der Waals surface area contributed by atoms with E-state index in [1.54, 1.807) is 0 Å². The highest BCUT2D eigenvalue weighted by Crippen LogP contribution is 2.27. The summed E-state index contributed by atoms with van der Waals surface area (Å²) in [6.45, 7) is 7.51. The van der Waals surface area contributed by atoms with E-state index >= 15 is 0 Å². The monoisotopic (exact) mass is 305 g/mol. The van der Waals surface area contributed by atoms with E-state index in [1.165, 1.54) is 31.4 Å². The Morgan fingerprint density at radius 3 is 2.82 bits per heavy atom.